The molecule has 0 saturated heterocycles. The smallest absolute Gasteiger partial charge is 0.128 e. The lowest BCUT2D eigenvalue weighted by Gasteiger charge is -2.18. The van der Waals surface area contributed by atoms with Gasteiger partial charge in [0.2, 0.25) is 0 Å². The summed E-state index contributed by atoms with van der Waals surface area (Å²) >= 11 is 12.7. The Bertz CT molecular complexity index is 604. The molecule has 5 heteroatoms. The number of benzene rings is 2. The van der Waals surface area contributed by atoms with Gasteiger partial charge in [-0.25, -0.2) is 4.39 Å². The van der Waals surface area contributed by atoms with Crippen molar-refractivity contribution in [2.45, 2.75) is 13.0 Å². The molecule has 100 valence electrons. The van der Waals surface area contributed by atoms with Crippen molar-refractivity contribution >= 4 is 49.1 Å². The molecular weight excluding hydrogens is 396 g/mol. The summed E-state index contributed by atoms with van der Waals surface area (Å²) in [6.45, 7) is 1.91. The van der Waals surface area contributed by atoms with Gasteiger partial charge < -0.3 is 5.32 Å². The highest BCUT2D eigenvalue weighted by Crippen LogP contribution is 2.30. The molecule has 0 aromatic heterocycles. The van der Waals surface area contributed by atoms with Crippen LogP contribution in [0.1, 0.15) is 18.5 Å². The Morgan fingerprint density at radius 3 is 2.58 bits per heavy atom. The van der Waals surface area contributed by atoms with Crippen LogP contribution in [0, 0.1) is 5.82 Å². The molecule has 0 bridgehead atoms. The van der Waals surface area contributed by atoms with E-state index in [-0.39, 0.29) is 11.9 Å². The van der Waals surface area contributed by atoms with Gasteiger partial charge in [0.15, 0.2) is 0 Å². The molecular formula is C14H11Br2ClFN. The van der Waals surface area contributed by atoms with Crippen molar-refractivity contribution in [3.05, 3.63) is 61.7 Å². The van der Waals surface area contributed by atoms with Crippen LogP contribution < -0.4 is 5.32 Å². The minimum atomic E-state index is -0.228. The topological polar surface area (TPSA) is 12.0 Å². The van der Waals surface area contributed by atoms with E-state index in [2.05, 4.69) is 37.2 Å². The summed E-state index contributed by atoms with van der Waals surface area (Å²) in [6.07, 6.45) is 0. The summed E-state index contributed by atoms with van der Waals surface area (Å²) in [7, 11) is 0. The van der Waals surface area contributed by atoms with Crippen molar-refractivity contribution in [2.24, 2.45) is 0 Å². The number of halogens is 4. The van der Waals surface area contributed by atoms with Crippen LogP contribution in [-0.2, 0) is 0 Å². The lowest BCUT2D eigenvalue weighted by molar-refractivity contribution is 0.600. The lowest BCUT2D eigenvalue weighted by atomic mass is 10.1. The van der Waals surface area contributed by atoms with Crippen LogP contribution in [0.4, 0.5) is 10.1 Å². The van der Waals surface area contributed by atoms with Crippen molar-refractivity contribution in [3.8, 4) is 0 Å². The Hall–Kier alpha value is -0.580. The van der Waals surface area contributed by atoms with E-state index in [9.17, 15) is 4.39 Å². The maximum Gasteiger partial charge on any atom is 0.128 e. The van der Waals surface area contributed by atoms with Crippen LogP contribution in [0.5, 0.6) is 0 Å². The van der Waals surface area contributed by atoms with Gasteiger partial charge in [0.05, 0.1) is 6.04 Å². The van der Waals surface area contributed by atoms with Gasteiger partial charge in [-0.2, -0.15) is 0 Å². The zero-order valence-electron chi connectivity index (χ0n) is 10.1. The van der Waals surface area contributed by atoms with Gasteiger partial charge in [0.1, 0.15) is 5.82 Å². The predicted octanol–water partition coefficient (Wildman–Crippen LogP) is 6.18. The first-order chi connectivity index (χ1) is 8.97. The molecule has 2 aromatic carbocycles. The highest BCUT2D eigenvalue weighted by molar-refractivity contribution is 9.10. The normalized spacial score (nSPS) is 12.3. The molecule has 1 N–H and O–H groups in total. The van der Waals surface area contributed by atoms with E-state index in [0.717, 1.165) is 14.6 Å². The average molecular weight is 408 g/mol. The first kappa shape index (κ1) is 14.8. The highest BCUT2D eigenvalue weighted by Gasteiger charge is 2.12. The van der Waals surface area contributed by atoms with Crippen molar-refractivity contribution in [3.63, 3.8) is 0 Å². The molecule has 0 saturated carbocycles. The second kappa shape index (κ2) is 6.25. The Labute approximate surface area is 133 Å². The van der Waals surface area contributed by atoms with Crippen molar-refractivity contribution < 1.29 is 4.39 Å². The summed E-state index contributed by atoms with van der Waals surface area (Å²) < 4.78 is 15.5. The molecule has 2 rings (SSSR count). The molecule has 0 fully saturated rings. The molecule has 0 radical (unpaired) electrons. The standard InChI is InChI=1S/C14H11Br2ClFN/c1-8(11-6-9(15)2-4-13(11)18)19-14-5-3-10(17)7-12(14)16/h2-8,19H,1H3. The van der Waals surface area contributed by atoms with Gasteiger partial charge in [-0.1, -0.05) is 27.5 Å². The minimum Gasteiger partial charge on any atom is -0.377 e. The van der Waals surface area contributed by atoms with Gasteiger partial charge in [0.25, 0.3) is 0 Å². The summed E-state index contributed by atoms with van der Waals surface area (Å²) in [6, 6.07) is 10.2. The fourth-order valence-corrected chi connectivity index (χ4v) is 2.94. The molecule has 0 spiro atoms. The van der Waals surface area contributed by atoms with Crippen LogP contribution in [0.3, 0.4) is 0 Å². The molecule has 2 aromatic rings. The average Bonchev–Trinajstić information content (AvgIpc) is 2.35. The maximum atomic E-state index is 13.8. The van der Waals surface area contributed by atoms with E-state index >= 15 is 0 Å². The highest BCUT2D eigenvalue weighted by atomic mass is 79.9. The first-order valence-electron chi connectivity index (χ1n) is 5.64. The SMILES string of the molecule is CC(Nc1ccc(Cl)cc1Br)c1cc(Br)ccc1F. The van der Waals surface area contributed by atoms with Crippen LogP contribution in [-0.4, -0.2) is 0 Å². The molecule has 1 unspecified atom stereocenters. The fourth-order valence-electron chi connectivity index (χ4n) is 1.76. The monoisotopic (exact) mass is 405 g/mol. The molecule has 0 aliphatic carbocycles. The Morgan fingerprint density at radius 2 is 1.89 bits per heavy atom. The third kappa shape index (κ3) is 3.71. The number of hydrogen-bond donors (Lipinski definition) is 1. The largest absolute Gasteiger partial charge is 0.377 e. The molecule has 0 aliphatic rings. The van der Waals surface area contributed by atoms with Crippen LogP contribution in [0.15, 0.2) is 45.3 Å². The third-order valence-corrected chi connectivity index (χ3v) is 4.11. The van der Waals surface area contributed by atoms with Gasteiger partial charge >= 0.3 is 0 Å². The van der Waals surface area contributed by atoms with E-state index in [4.69, 9.17) is 11.6 Å². The Kier molecular flexibility index (Phi) is 4.87. The third-order valence-electron chi connectivity index (χ3n) is 2.73. The van der Waals surface area contributed by atoms with E-state index in [0.29, 0.717) is 10.6 Å². The second-order valence-electron chi connectivity index (χ2n) is 4.16. The van der Waals surface area contributed by atoms with E-state index in [1.54, 1.807) is 24.3 Å². The minimum absolute atomic E-state index is 0.157. The first-order valence-corrected chi connectivity index (χ1v) is 7.60. The molecule has 19 heavy (non-hydrogen) atoms. The molecule has 1 atom stereocenters. The number of rotatable bonds is 3. The zero-order chi connectivity index (χ0) is 14.0. The Morgan fingerprint density at radius 1 is 1.16 bits per heavy atom. The number of anilines is 1. The Balaban J connectivity index is 2.25. The van der Waals surface area contributed by atoms with Crippen LogP contribution >= 0.6 is 43.5 Å². The quantitative estimate of drug-likeness (QED) is 0.641. The van der Waals surface area contributed by atoms with E-state index in [1.165, 1.54) is 6.07 Å². The van der Waals surface area contributed by atoms with Crippen molar-refractivity contribution in [1.29, 1.82) is 0 Å². The van der Waals surface area contributed by atoms with E-state index in [1.807, 2.05) is 13.0 Å². The molecule has 0 amide bonds. The zero-order valence-corrected chi connectivity index (χ0v) is 14.0. The van der Waals surface area contributed by atoms with Crippen molar-refractivity contribution in [1.82, 2.24) is 0 Å². The summed E-state index contributed by atoms with van der Waals surface area (Å²) in [5, 5.41) is 3.91. The second-order valence-corrected chi connectivity index (χ2v) is 6.36. The van der Waals surface area contributed by atoms with Gasteiger partial charge in [0, 0.05) is 25.2 Å². The molecule has 0 heterocycles. The number of hydrogen-bond acceptors (Lipinski definition) is 1. The summed E-state index contributed by atoms with van der Waals surface area (Å²) in [5.41, 5.74) is 1.48. The summed E-state index contributed by atoms with van der Waals surface area (Å²) in [5.74, 6) is -0.228. The van der Waals surface area contributed by atoms with Gasteiger partial charge in [-0.05, 0) is 59.3 Å². The van der Waals surface area contributed by atoms with Crippen LogP contribution in [0.25, 0.3) is 0 Å². The predicted molar refractivity (Wildman–Crippen MR) is 85.3 cm³/mol. The number of nitrogens with one attached hydrogen (secondary N) is 1. The maximum absolute atomic E-state index is 13.8. The molecule has 0 aliphatic heterocycles. The van der Waals surface area contributed by atoms with Gasteiger partial charge in [-0.3, -0.25) is 0 Å². The van der Waals surface area contributed by atoms with Crippen molar-refractivity contribution in [2.75, 3.05) is 5.32 Å². The summed E-state index contributed by atoms with van der Waals surface area (Å²) in [4.78, 5) is 0. The van der Waals surface area contributed by atoms with Crippen LogP contribution in [0.2, 0.25) is 5.02 Å². The van der Waals surface area contributed by atoms with E-state index < -0.39 is 0 Å². The lowest BCUT2D eigenvalue weighted by Crippen LogP contribution is -2.09. The fraction of sp³-hybridized carbons (Fsp3) is 0.143. The van der Waals surface area contributed by atoms with Gasteiger partial charge in [-0.15, -0.1) is 0 Å². The molecule has 1 nitrogen and oxygen atoms in total.